The average Bonchev–Trinajstić information content (AvgIpc) is 3.36. The van der Waals surface area contributed by atoms with Crippen molar-refractivity contribution in [1.82, 2.24) is 4.98 Å². The Morgan fingerprint density at radius 2 is 1.83 bits per heavy atom. The van der Waals surface area contributed by atoms with Gasteiger partial charge in [0.15, 0.2) is 11.5 Å². The third kappa shape index (κ3) is 4.11. The van der Waals surface area contributed by atoms with E-state index in [1.165, 1.54) is 0 Å². The standard InChI is InChI=1S/C28H25NO7/c1-4-33-20-12-10-19-24(16(20)2)25(17-9-11-22-23(13-17)36-15-35-22)26(28(30)31)27(29-19)34-14-18-7-5-6-8-21(18)32-3/h5-13H,4,14-15H2,1-3H3,(H,30,31). The topological polar surface area (TPSA) is 96.3 Å². The van der Waals surface area contributed by atoms with E-state index in [2.05, 4.69) is 4.98 Å². The summed E-state index contributed by atoms with van der Waals surface area (Å²) in [7, 11) is 1.58. The number of fused-ring (bicyclic) bond motifs is 2. The lowest BCUT2D eigenvalue weighted by Gasteiger charge is -2.19. The average molecular weight is 488 g/mol. The lowest BCUT2D eigenvalue weighted by atomic mass is 9.92. The van der Waals surface area contributed by atoms with E-state index in [1.54, 1.807) is 19.2 Å². The number of methoxy groups -OCH3 is 1. The molecule has 0 radical (unpaired) electrons. The number of aryl methyl sites for hydroxylation is 1. The van der Waals surface area contributed by atoms with Crippen LogP contribution in [0.15, 0.2) is 54.6 Å². The van der Waals surface area contributed by atoms with E-state index < -0.39 is 5.97 Å². The molecule has 36 heavy (non-hydrogen) atoms. The first kappa shape index (κ1) is 23.3. The van der Waals surface area contributed by atoms with Crippen molar-refractivity contribution in [3.05, 3.63) is 71.3 Å². The van der Waals surface area contributed by atoms with Gasteiger partial charge in [0, 0.05) is 22.1 Å². The maximum atomic E-state index is 12.7. The summed E-state index contributed by atoms with van der Waals surface area (Å²) in [5, 5.41) is 11.1. The van der Waals surface area contributed by atoms with Crippen LogP contribution in [0.1, 0.15) is 28.4 Å². The molecule has 0 saturated heterocycles. The smallest absolute Gasteiger partial charge is 0.341 e. The number of carboxylic acid groups (broad SMARTS) is 1. The molecule has 8 heteroatoms. The molecule has 0 fully saturated rings. The van der Waals surface area contributed by atoms with E-state index in [0.29, 0.717) is 51.6 Å². The number of pyridine rings is 1. The monoisotopic (exact) mass is 487 g/mol. The highest BCUT2D eigenvalue weighted by molar-refractivity contribution is 6.10. The Kier molecular flexibility index (Phi) is 6.25. The summed E-state index contributed by atoms with van der Waals surface area (Å²) in [6.07, 6.45) is 0. The van der Waals surface area contributed by atoms with Gasteiger partial charge < -0.3 is 28.8 Å². The number of hydrogen-bond acceptors (Lipinski definition) is 7. The van der Waals surface area contributed by atoms with Gasteiger partial charge in [0.25, 0.3) is 0 Å². The molecule has 0 bridgehead atoms. The van der Waals surface area contributed by atoms with Crippen LogP contribution in [0.4, 0.5) is 0 Å². The van der Waals surface area contributed by atoms with Gasteiger partial charge >= 0.3 is 5.97 Å². The van der Waals surface area contributed by atoms with Gasteiger partial charge in [-0.1, -0.05) is 24.3 Å². The predicted octanol–water partition coefficient (Wildman–Crippen LogP) is 5.62. The molecular formula is C28H25NO7. The van der Waals surface area contributed by atoms with E-state index >= 15 is 0 Å². The quantitative estimate of drug-likeness (QED) is 0.342. The molecule has 5 rings (SSSR count). The predicted molar refractivity (Wildman–Crippen MR) is 133 cm³/mol. The van der Waals surface area contributed by atoms with E-state index in [4.69, 9.17) is 23.7 Å². The third-order valence-corrected chi connectivity index (χ3v) is 6.06. The van der Waals surface area contributed by atoms with Gasteiger partial charge in [0.05, 0.1) is 19.2 Å². The van der Waals surface area contributed by atoms with E-state index in [9.17, 15) is 9.90 Å². The molecule has 0 unspecified atom stereocenters. The fraction of sp³-hybridized carbons (Fsp3) is 0.214. The molecule has 184 valence electrons. The van der Waals surface area contributed by atoms with Crippen molar-refractivity contribution in [2.75, 3.05) is 20.5 Å². The first-order valence-corrected chi connectivity index (χ1v) is 11.5. The Labute approximate surface area is 208 Å². The number of para-hydroxylation sites is 1. The Balaban J connectivity index is 1.74. The molecule has 0 saturated carbocycles. The summed E-state index contributed by atoms with van der Waals surface area (Å²) in [6, 6.07) is 16.4. The Bertz CT molecular complexity index is 1460. The van der Waals surface area contributed by atoms with E-state index in [0.717, 1.165) is 11.1 Å². The fourth-order valence-corrected chi connectivity index (χ4v) is 4.41. The van der Waals surface area contributed by atoms with Crippen LogP contribution in [0.3, 0.4) is 0 Å². The van der Waals surface area contributed by atoms with Crippen molar-refractivity contribution in [3.63, 3.8) is 0 Å². The number of aromatic carboxylic acids is 1. The summed E-state index contributed by atoms with van der Waals surface area (Å²) >= 11 is 0. The number of nitrogens with zero attached hydrogens (tertiary/aromatic N) is 1. The van der Waals surface area contributed by atoms with Crippen LogP contribution in [-0.4, -0.2) is 36.6 Å². The highest BCUT2D eigenvalue weighted by Gasteiger charge is 2.27. The molecule has 3 aromatic carbocycles. The summed E-state index contributed by atoms with van der Waals surface area (Å²) in [5.41, 5.74) is 3.21. The van der Waals surface area contributed by atoms with Crippen LogP contribution in [0.2, 0.25) is 0 Å². The molecule has 0 aliphatic carbocycles. The molecular weight excluding hydrogens is 462 g/mol. The van der Waals surface area contributed by atoms with Crippen LogP contribution >= 0.6 is 0 Å². The van der Waals surface area contributed by atoms with E-state index in [1.807, 2.05) is 56.3 Å². The fourth-order valence-electron chi connectivity index (χ4n) is 4.41. The highest BCUT2D eigenvalue weighted by atomic mass is 16.7. The molecule has 0 spiro atoms. The maximum Gasteiger partial charge on any atom is 0.341 e. The molecule has 0 amide bonds. The summed E-state index contributed by atoms with van der Waals surface area (Å²) < 4.78 is 28.3. The summed E-state index contributed by atoms with van der Waals surface area (Å²) in [4.78, 5) is 17.4. The van der Waals surface area contributed by atoms with Gasteiger partial charge in [0.1, 0.15) is 23.7 Å². The number of carboxylic acids is 1. The molecule has 1 aliphatic rings. The molecule has 1 aromatic heterocycles. The summed E-state index contributed by atoms with van der Waals surface area (Å²) in [5.74, 6) is 1.30. The normalized spacial score (nSPS) is 12.0. The Morgan fingerprint density at radius 3 is 2.61 bits per heavy atom. The molecule has 8 nitrogen and oxygen atoms in total. The molecule has 0 atom stereocenters. The lowest BCUT2D eigenvalue weighted by Crippen LogP contribution is -2.10. The first-order valence-electron chi connectivity index (χ1n) is 11.5. The largest absolute Gasteiger partial charge is 0.496 e. The van der Waals surface area contributed by atoms with Gasteiger partial charge in [0.2, 0.25) is 12.7 Å². The Morgan fingerprint density at radius 1 is 1.03 bits per heavy atom. The van der Waals surface area contributed by atoms with Crippen LogP contribution in [-0.2, 0) is 6.61 Å². The number of hydrogen-bond donors (Lipinski definition) is 1. The lowest BCUT2D eigenvalue weighted by molar-refractivity contribution is 0.0691. The molecule has 1 N–H and O–H groups in total. The van der Waals surface area contributed by atoms with Crippen molar-refractivity contribution >= 4 is 16.9 Å². The van der Waals surface area contributed by atoms with Crippen molar-refractivity contribution in [2.45, 2.75) is 20.5 Å². The van der Waals surface area contributed by atoms with Gasteiger partial charge in [-0.25, -0.2) is 9.78 Å². The molecule has 4 aromatic rings. The highest BCUT2D eigenvalue weighted by Crippen LogP contribution is 2.44. The number of carbonyl (C=O) groups is 1. The third-order valence-electron chi connectivity index (χ3n) is 6.06. The summed E-state index contributed by atoms with van der Waals surface area (Å²) in [6.45, 7) is 4.47. The second kappa shape index (κ2) is 9.65. The number of ether oxygens (including phenoxy) is 5. The number of rotatable bonds is 8. The minimum atomic E-state index is -1.16. The SMILES string of the molecule is CCOc1ccc2nc(OCc3ccccc3OC)c(C(=O)O)c(-c3ccc4c(c3)OCO4)c2c1C. The van der Waals surface area contributed by atoms with Gasteiger partial charge in [-0.05, 0) is 49.7 Å². The van der Waals surface area contributed by atoms with Crippen molar-refractivity contribution < 1.29 is 33.6 Å². The van der Waals surface area contributed by atoms with E-state index in [-0.39, 0.29) is 24.8 Å². The second-order valence-electron chi connectivity index (χ2n) is 8.16. The van der Waals surface area contributed by atoms with Crippen molar-refractivity contribution in [1.29, 1.82) is 0 Å². The maximum absolute atomic E-state index is 12.7. The zero-order valence-electron chi connectivity index (χ0n) is 20.2. The van der Waals surface area contributed by atoms with Crippen LogP contribution < -0.4 is 23.7 Å². The van der Waals surface area contributed by atoms with Crippen molar-refractivity contribution in [2.24, 2.45) is 0 Å². The molecule has 1 aliphatic heterocycles. The minimum absolute atomic E-state index is 0.0112. The van der Waals surface area contributed by atoms with Crippen LogP contribution in [0.25, 0.3) is 22.0 Å². The first-order chi connectivity index (χ1) is 17.5. The Hall–Kier alpha value is -4.46. The van der Waals surface area contributed by atoms with Gasteiger partial charge in [-0.2, -0.15) is 0 Å². The van der Waals surface area contributed by atoms with Gasteiger partial charge in [-0.3, -0.25) is 0 Å². The van der Waals surface area contributed by atoms with Crippen LogP contribution in [0, 0.1) is 6.92 Å². The van der Waals surface area contributed by atoms with Gasteiger partial charge in [-0.15, -0.1) is 0 Å². The van der Waals surface area contributed by atoms with Crippen LogP contribution in [0.5, 0.6) is 28.9 Å². The molecule has 2 heterocycles. The zero-order chi connectivity index (χ0) is 25.2. The second-order valence-corrected chi connectivity index (χ2v) is 8.16. The van der Waals surface area contributed by atoms with Crippen molar-refractivity contribution in [3.8, 4) is 40.0 Å². The minimum Gasteiger partial charge on any atom is -0.496 e. The number of aromatic nitrogens is 1. The number of benzene rings is 3. The zero-order valence-corrected chi connectivity index (χ0v) is 20.2.